The van der Waals surface area contributed by atoms with Crippen molar-refractivity contribution in [3.8, 4) is 0 Å². The molecule has 2 rings (SSSR count). The van der Waals surface area contributed by atoms with Crippen LogP contribution >= 0.6 is 11.6 Å². The van der Waals surface area contributed by atoms with Crippen LogP contribution in [0.4, 0.5) is 0 Å². The molecule has 21 heavy (non-hydrogen) atoms. The molecule has 2 atom stereocenters. The van der Waals surface area contributed by atoms with E-state index in [4.69, 9.17) is 16.0 Å². The lowest BCUT2D eigenvalue weighted by Gasteiger charge is -2.25. The first kappa shape index (κ1) is 16.1. The Labute approximate surface area is 131 Å². The molecule has 3 nitrogen and oxygen atoms in total. The van der Waals surface area contributed by atoms with Crippen LogP contribution < -0.4 is 5.32 Å². The van der Waals surface area contributed by atoms with E-state index in [-0.39, 0.29) is 6.04 Å². The van der Waals surface area contributed by atoms with Crippen molar-refractivity contribution < 1.29 is 4.42 Å². The van der Waals surface area contributed by atoms with Crippen molar-refractivity contribution in [1.29, 1.82) is 0 Å². The zero-order valence-electron chi connectivity index (χ0n) is 12.8. The molecule has 1 heterocycles. The lowest BCUT2D eigenvalue weighted by molar-refractivity contribution is 0.245. The van der Waals surface area contributed by atoms with Gasteiger partial charge in [-0.2, -0.15) is 0 Å². The van der Waals surface area contributed by atoms with E-state index in [9.17, 15) is 0 Å². The normalized spacial score (nSPS) is 14.3. The van der Waals surface area contributed by atoms with E-state index in [1.165, 1.54) is 5.56 Å². The molecule has 0 aliphatic heterocycles. The van der Waals surface area contributed by atoms with Gasteiger partial charge in [-0.25, -0.2) is 0 Å². The third-order valence-corrected chi connectivity index (χ3v) is 3.86. The van der Waals surface area contributed by atoms with Crippen molar-refractivity contribution >= 4 is 11.6 Å². The molecular formula is C17H23ClN2O. The van der Waals surface area contributed by atoms with Gasteiger partial charge in [0.2, 0.25) is 0 Å². The summed E-state index contributed by atoms with van der Waals surface area (Å²) in [5, 5.41) is 4.36. The van der Waals surface area contributed by atoms with Crippen LogP contribution in [0.3, 0.4) is 0 Å². The van der Waals surface area contributed by atoms with E-state index in [0.717, 1.165) is 23.7 Å². The maximum absolute atomic E-state index is 5.91. The molecule has 0 bridgehead atoms. The van der Waals surface area contributed by atoms with E-state index in [1.54, 1.807) is 6.26 Å². The lowest BCUT2D eigenvalue weighted by atomic mass is 10.1. The summed E-state index contributed by atoms with van der Waals surface area (Å²) in [6, 6.07) is 12.6. The van der Waals surface area contributed by atoms with Crippen LogP contribution in [0.25, 0.3) is 0 Å². The average molecular weight is 307 g/mol. The van der Waals surface area contributed by atoms with Gasteiger partial charge in [0.25, 0.3) is 0 Å². The minimum atomic E-state index is 0.243. The van der Waals surface area contributed by atoms with Crippen molar-refractivity contribution in [2.75, 3.05) is 20.6 Å². The van der Waals surface area contributed by atoms with Crippen LogP contribution in [0.15, 0.2) is 47.1 Å². The zero-order valence-corrected chi connectivity index (χ0v) is 13.6. The van der Waals surface area contributed by atoms with Crippen LogP contribution in [0.2, 0.25) is 5.02 Å². The Bertz CT molecular complexity index is 522. The number of hydrogen-bond acceptors (Lipinski definition) is 3. The molecule has 1 aromatic carbocycles. The molecule has 0 aliphatic rings. The second kappa shape index (κ2) is 7.64. The molecule has 0 radical (unpaired) electrons. The number of nitrogens with zero attached hydrogens (tertiary/aromatic N) is 1. The van der Waals surface area contributed by atoms with Crippen molar-refractivity contribution in [2.45, 2.75) is 25.4 Å². The van der Waals surface area contributed by atoms with Crippen LogP contribution in [0, 0.1) is 0 Å². The van der Waals surface area contributed by atoms with E-state index in [1.807, 2.05) is 24.3 Å². The van der Waals surface area contributed by atoms with Gasteiger partial charge in [0.1, 0.15) is 5.76 Å². The van der Waals surface area contributed by atoms with Crippen molar-refractivity contribution in [2.24, 2.45) is 0 Å². The van der Waals surface area contributed by atoms with Crippen LogP contribution in [-0.4, -0.2) is 31.6 Å². The van der Waals surface area contributed by atoms with E-state index < -0.39 is 0 Å². The fourth-order valence-corrected chi connectivity index (χ4v) is 2.50. The highest BCUT2D eigenvalue weighted by Gasteiger charge is 2.17. The number of halogens is 1. The van der Waals surface area contributed by atoms with Crippen LogP contribution in [0.1, 0.15) is 24.3 Å². The van der Waals surface area contributed by atoms with Gasteiger partial charge in [-0.1, -0.05) is 23.7 Å². The van der Waals surface area contributed by atoms with Crippen LogP contribution in [-0.2, 0) is 6.42 Å². The Morgan fingerprint density at radius 3 is 2.48 bits per heavy atom. The maximum Gasteiger partial charge on any atom is 0.122 e. The zero-order chi connectivity index (χ0) is 15.2. The number of benzene rings is 1. The third-order valence-electron chi connectivity index (χ3n) is 3.61. The minimum absolute atomic E-state index is 0.243. The molecule has 0 fully saturated rings. The highest BCUT2D eigenvalue weighted by molar-refractivity contribution is 6.30. The van der Waals surface area contributed by atoms with Crippen LogP contribution in [0.5, 0.6) is 0 Å². The van der Waals surface area contributed by atoms with Crippen molar-refractivity contribution in [3.63, 3.8) is 0 Å². The third kappa shape index (κ3) is 4.88. The Balaban J connectivity index is 1.87. The topological polar surface area (TPSA) is 28.4 Å². The maximum atomic E-state index is 5.91. The molecule has 2 unspecified atom stereocenters. The molecule has 2 aromatic rings. The summed E-state index contributed by atoms with van der Waals surface area (Å²) in [4.78, 5) is 2.17. The summed E-state index contributed by atoms with van der Waals surface area (Å²) < 4.78 is 5.52. The fraction of sp³-hybridized carbons (Fsp3) is 0.412. The standard InChI is InChI=1S/C17H23ClN2O/c1-13(11-14-6-8-15(18)9-7-14)19-12-16(20(2)3)17-5-4-10-21-17/h4-10,13,16,19H,11-12H2,1-3H3. The summed E-state index contributed by atoms with van der Waals surface area (Å²) in [6.45, 7) is 3.05. The molecule has 0 aliphatic carbocycles. The molecular weight excluding hydrogens is 284 g/mol. The fourth-order valence-electron chi connectivity index (χ4n) is 2.38. The first-order valence-corrected chi connectivity index (χ1v) is 7.61. The van der Waals surface area contributed by atoms with E-state index in [2.05, 4.69) is 43.4 Å². The van der Waals surface area contributed by atoms with Gasteiger partial charge in [0, 0.05) is 17.6 Å². The van der Waals surface area contributed by atoms with Gasteiger partial charge >= 0.3 is 0 Å². The smallest absolute Gasteiger partial charge is 0.122 e. The Kier molecular flexibility index (Phi) is 5.85. The monoisotopic (exact) mass is 306 g/mol. The van der Waals surface area contributed by atoms with Gasteiger partial charge in [-0.05, 0) is 57.3 Å². The minimum Gasteiger partial charge on any atom is -0.468 e. The first-order valence-electron chi connectivity index (χ1n) is 7.24. The highest BCUT2D eigenvalue weighted by atomic mass is 35.5. The predicted molar refractivity (Wildman–Crippen MR) is 87.8 cm³/mol. The molecule has 1 aromatic heterocycles. The van der Waals surface area contributed by atoms with Gasteiger partial charge in [-0.3, -0.25) is 4.90 Å². The quantitative estimate of drug-likeness (QED) is 0.844. The van der Waals surface area contributed by atoms with E-state index in [0.29, 0.717) is 6.04 Å². The molecule has 0 spiro atoms. The molecule has 0 saturated carbocycles. The summed E-state index contributed by atoms with van der Waals surface area (Å²) in [6.07, 6.45) is 2.71. The highest BCUT2D eigenvalue weighted by Crippen LogP contribution is 2.18. The second-order valence-electron chi connectivity index (χ2n) is 5.63. The summed E-state index contributed by atoms with van der Waals surface area (Å²) >= 11 is 5.91. The average Bonchev–Trinajstić information content (AvgIpc) is 2.95. The first-order chi connectivity index (χ1) is 10.1. The molecule has 114 valence electrons. The molecule has 4 heteroatoms. The Morgan fingerprint density at radius 2 is 1.90 bits per heavy atom. The molecule has 1 N–H and O–H groups in total. The molecule has 0 amide bonds. The number of likely N-dealkylation sites (N-methyl/N-ethyl adjacent to an activating group) is 1. The SMILES string of the molecule is CC(Cc1ccc(Cl)cc1)NCC(c1ccco1)N(C)C. The number of rotatable bonds is 7. The van der Waals surface area contributed by atoms with E-state index >= 15 is 0 Å². The number of furan rings is 1. The summed E-state index contributed by atoms with van der Waals surface area (Å²) in [5.41, 5.74) is 1.29. The van der Waals surface area contributed by atoms with Gasteiger partial charge in [0.15, 0.2) is 0 Å². The molecule has 0 saturated heterocycles. The van der Waals surface area contributed by atoms with Gasteiger partial charge in [-0.15, -0.1) is 0 Å². The summed E-state index contributed by atoms with van der Waals surface area (Å²) in [7, 11) is 4.14. The predicted octanol–water partition coefficient (Wildman–Crippen LogP) is 3.76. The Morgan fingerprint density at radius 1 is 1.19 bits per heavy atom. The Hall–Kier alpha value is -1.29. The number of hydrogen-bond donors (Lipinski definition) is 1. The summed E-state index contributed by atoms with van der Waals surface area (Å²) in [5.74, 6) is 0.992. The van der Waals surface area contributed by atoms with Gasteiger partial charge in [0.05, 0.1) is 12.3 Å². The number of nitrogens with one attached hydrogen (secondary N) is 1. The largest absolute Gasteiger partial charge is 0.468 e. The lowest BCUT2D eigenvalue weighted by Crippen LogP contribution is -2.36. The second-order valence-corrected chi connectivity index (χ2v) is 6.07. The van der Waals surface area contributed by atoms with Crippen molar-refractivity contribution in [3.05, 3.63) is 59.0 Å². The van der Waals surface area contributed by atoms with Gasteiger partial charge < -0.3 is 9.73 Å². The van der Waals surface area contributed by atoms with Crippen molar-refractivity contribution in [1.82, 2.24) is 10.2 Å².